The van der Waals surface area contributed by atoms with Crippen LogP contribution < -0.4 is 5.32 Å². The third-order valence-corrected chi connectivity index (χ3v) is 4.65. The van der Waals surface area contributed by atoms with Crippen molar-refractivity contribution in [2.45, 2.75) is 45.2 Å². The molecule has 1 aliphatic heterocycles. The van der Waals surface area contributed by atoms with Crippen molar-refractivity contribution in [3.63, 3.8) is 0 Å². The molecule has 0 atom stereocenters. The number of nitrogens with one attached hydrogen (secondary N) is 1. The molecule has 0 bridgehead atoms. The molecule has 1 aromatic rings. The molecule has 3 nitrogen and oxygen atoms in total. The third kappa shape index (κ3) is 2.97. The minimum Gasteiger partial charge on any atom is -0.353 e. The summed E-state index contributed by atoms with van der Waals surface area (Å²) in [6.07, 6.45) is 7.56. The van der Waals surface area contributed by atoms with E-state index in [0.29, 0.717) is 6.04 Å². The van der Waals surface area contributed by atoms with E-state index in [0.717, 1.165) is 24.1 Å². The molecule has 1 aliphatic carbocycles. The molecule has 2 heterocycles. The summed E-state index contributed by atoms with van der Waals surface area (Å²) in [5.41, 5.74) is 1.14. The van der Waals surface area contributed by atoms with Gasteiger partial charge in [0.25, 0.3) is 0 Å². The van der Waals surface area contributed by atoms with Crippen LogP contribution in [0, 0.1) is 12.8 Å². The van der Waals surface area contributed by atoms with Crippen LogP contribution in [0.3, 0.4) is 0 Å². The second-order valence-electron chi connectivity index (χ2n) is 5.33. The van der Waals surface area contributed by atoms with E-state index in [-0.39, 0.29) is 0 Å². The number of nitrogens with zero attached hydrogens (tertiary/aromatic N) is 2. The van der Waals surface area contributed by atoms with E-state index in [1.807, 2.05) is 0 Å². The molecule has 1 aromatic heterocycles. The second kappa shape index (κ2) is 4.92. The van der Waals surface area contributed by atoms with E-state index in [1.165, 1.54) is 37.2 Å². The Kier molecular flexibility index (Phi) is 3.32. The molecule has 0 amide bonds. The quantitative estimate of drug-likeness (QED) is 0.892. The molecule has 17 heavy (non-hydrogen) atoms. The van der Waals surface area contributed by atoms with Crippen LogP contribution in [0.25, 0.3) is 0 Å². The van der Waals surface area contributed by atoms with Crippen LogP contribution in [0.4, 0.5) is 5.95 Å². The number of aromatic nitrogens is 2. The Bertz CT molecular complexity index is 378. The maximum Gasteiger partial charge on any atom is 0.203 e. The topological polar surface area (TPSA) is 29.9 Å². The summed E-state index contributed by atoms with van der Waals surface area (Å²) in [7, 11) is 0. The second-order valence-corrected chi connectivity index (χ2v) is 6.56. The third-order valence-electron chi connectivity index (χ3n) is 3.60. The van der Waals surface area contributed by atoms with Crippen LogP contribution in [0.1, 0.15) is 31.4 Å². The fourth-order valence-corrected chi connectivity index (χ4v) is 3.62. The normalized spacial score (nSPS) is 21.7. The SMILES string of the molecule is Cc1cn(CC2CCSCC2)c(NC2CC2)n1. The molecule has 2 fully saturated rings. The number of hydrogen-bond donors (Lipinski definition) is 1. The molecule has 4 heteroatoms. The Labute approximate surface area is 107 Å². The zero-order valence-corrected chi connectivity index (χ0v) is 11.3. The monoisotopic (exact) mass is 251 g/mol. The van der Waals surface area contributed by atoms with Gasteiger partial charge in [-0.15, -0.1) is 0 Å². The summed E-state index contributed by atoms with van der Waals surface area (Å²) in [5.74, 6) is 4.63. The molecule has 1 saturated heterocycles. The van der Waals surface area contributed by atoms with Crippen molar-refractivity contribution in [1.82, 2.24) is 9.55 Å². The van der Waals surface area contributed by atoms with E-state index in [2.05, 4.69) is 39.8 Å². The van der Waals surface area contributed by atoms with Crippen LogP contribution in [0.5, 0.6) is 0 Å². The maximum atomic E-state index is 4.60. The molecule has 0 radical (unpaired) electrons. The molecule has 2 aliphatic rings. The van der Waals surface area contributed by atoms with Crippen molar-refractivity contribution >= 4 is 17.7 Å². The van der Waals surface area contributed by atoms with E-state index < -0.39 is 0 Å². The summed E-state index contributed by atoms with van der Waals surface area (Å²) in [6.45, 7) is 3.24. The van der Waals surface area contributed by atoms with E-state index in [4.69, 9.17) is 0 Å². The van der Waals surface area contributed by atoms with Crippen molar-refractivity contribution in [1.29, 1.82) is 0 Å². The number of aryl methyl sites for hydroxylation is 1. The lowest BCUT2D eigenvalue weighted by Crippen LogP contribution is -2.18. The zero-order chi connectivity index (χ0) is 11.7. The highest BCUT2D eigenvalue weighted by atomic mass is 32.2. The van der Waals surface area contributed by atoms with Gasteiger partial charge < -0.3 is 9.88 Å². The Morgan fingerprint density at radius 2 is 2.12 bits per heavy atom. The first-order chi connectivity index (χ1) is 8.31. The van der Waals surface area contributed by atoms with Crippen LogP contribution in [0.2, 0.25) is 0 Å². The Morgan fingerprint density at radius 3 is 2.82 bits per heavy atom. The summed E-state index contributed by atoms with van der Waals surface area (Å²) in [6, 6.07) is 0.692. The molecule has 0 unspecified atom stereocenters. The largest absolute Gasteiger partial charge is 0.353 e. The fraction of sp³-hybridized carbons (Fsp3) is 0.769. The minimum atomic E-state index is 0.692. The van der Waals surface area contributed by atoms with E-state index in [1.54, 1.807) is 0 Å². The zero-order valence-electron chi connectivity index (χ0n) is 10.5. The first kappa shape index (κ1) is 11.5. The first-order valence-electron chi connectivity index (χ1n) is 6.69. The molecule has 3 rings (SSSR count). The van der Waals surface area contributed by atoms with Gasteiger partial charge >= 0.3 is 0 Å². The van der Waals surface area contributed by atoms with Crippen molar-refractivity contribution in [2.75, 3.05) is 16.8 Å². The molecule has 94 valence electrons. The predicted molar refractivity (Wildman–Crippen MR) is 73.7 cm³/mol. The lowest BCUT2D eigenvalue weighted by atomic mass is 10.0. The summed E-state index contributed by atoms with van der Waals surface area (Å²) in [4.78, 5) is 4.60. The molecule has 0 spiro atoms. The van der Waals surface area contributed by atoms with Gasteiger partial charge in [0.1, 0.15) is 0 Å². The molecule has 1 N–H and O–H groups in total. The highest BCUT2D eigenvalue weighted by Gasteiger charge is 2.24. The Hall–Kier alpha value is -0.640. The number of hydrogen-bond acceptors (Lipinski definition) is 3. The molecular formula is C13H21N3S. The highest BCUT2D eigenvalue weighted by molar-refractivity contribution is 7.99. The minimum absolute atomic E-state index is 0.692. The van der Waals surface area contributed by atoms with Gasteiger partial charge in [-0.25, -0.2) is 4.98 Å². The summed E-state index contributed by atoms with van der Waals surface area (Å²) < 4.78 is 2.34. The number of anilines is 1. The highest BCUT2D eigenvalue weighted by Crippen LogP contribution is 2.27. The van der Waals surface area contributed by atoms with Gasteiger partial charge in [0.05, 0.1) is 5.69 Å². The van der Waals surface area contributed by atoms with Gasteiger partial charge in [-0.3, -0.25) is 0 Å². The maximum absolute atomic E-state index is 4.60. The Balaban J connectivity index is 1.67. The van der Waals surface area contributed by atoms with Gasteiger partial charge in [0, 0.05) is 18.8 Å². The van der Waals surface area contributed by atoms with Gasteiger partial charge in [0.2, 0.25) is 5.95 Å². The fourth-order valence-electron chi connectivity index (χ4n) is 2.42. The average molecular weight is 251 g/mol. The van der Waals surface area contributed by atoms with Gasteiger partial charge in [-0.05, 0) is 50.0 Å². The van der Waals surface area contributed by atoms with Gasteiger partial charge in [0.15, 0.2) is 0 Å². The van der Waals surface area contributed by atoms with Crippen LogP contribution in [0.15, 0.2) is 6.20 Å². The first-order valence-corrected chi connectivity index (χ1v) is 7.85. The Morgan fingerprint density at radius 1 is 1.35 bits per heavy atom. The standard InChI is InChI=1S/C13H21N3S/c1-10-8-16(9-11-4-6-17-7-5-11)13(14-10)15-12-2-3-12/h8,11-12H,2-7,9H2,1H3,(H,14,15). The molecule has 0 aromatic carbocycles. The van der Waals surface area contributed by atoms with E-state index >= 15 is 0 Å². The van der Waals surface area contributed by atoms with Crippen LogP contribution >= 0.6 is 11.8 Å². The van der Waals surface area contributed by atoms with Gasteiger partial charge in [-0.2, -0.15) is 11.8 Å². The number of rotatable bonds is 4. The molecule has 1 saturated carbocycles. The number of thioether (sulfide) groups is 1. The van der Waals surface area contributed by atoms with Gasteiger partial charge in [-0.1, -0.05) is 0 Å². The van der Waals surface area contributed by atoms with Crippen molar-refractivity contribution in [2.24, 2.45) is 5.92 Å². The van der Waals surface area contributed by atoms with E-state index in [9.17, 15) is 0 Å². The molecular weight excluding hydrogens is 230 g/mol. The number of imidazole rings is 1. The van der Waals surface area contributed by atoms with Crippen LogP contribution in [-0.2, 0) is 6.54 Å². The van der Waals surface area contributed by atoms with Crippen molar-refractivity contribution in [3.8, 4) is 0 Å². The predicted octanol–water partition coefficient (Wildman–Crippen LogP) is 2.91. The van der Waals surface area contributed by atoms with Crippen molar-refractivity contribution in [3.05, 3.63) is 11.9 Å². The lowest BCUT2D eigenvalue weighted by Gasteiger charge is -2.22. The van der Waals surface area contributed by atoms with Crippen molar-refractivity contribution < 1.29 is 0 Å². The summed E-state index contributed by atoms with van der Waals surface area (Å²) in [5, 5.41) is 3.54. The van der Waals surface area contributed by atoms with Crippen LogP contribution in [-0.4, -0.2) is 27.1 Å². The smallest absolute Gasteiger partial charge is 0.203 e. The lowest BCUT2D eigenvalue weighted by molar-refractivity contribution is 0.419. The average Bonchev–Trinajstić information content (AvgIpc) is 3.06. The summed E-state index contributed by atoms with van der Waals surface area (Å²) >= 11 is 2.10.